The first-order chi connectivity index (χ1) is 10.7. The van der Waals surface area contributed by atoms with Gasteiger partial charge in [0.2, 0.25) is 5.91 Å². The molecule has 0 unspecified atom stereocenters. The van der Waals surface area contributed by atoms with E-state index in [4.69, 9.17) is 0 Å². The molecule has 0 saturated carbocycles. The molecule has 2 saturated heterocycles. The molecular weight excluding hydrogens is 318 g/mol. The van der Waals surface area contributed by atoms with Crippen molar-refractivity contribution in [2.75, 3.05) is 48.8 Å². The molecule has 0 atom stereocenters. The molecule has 3 heterocycles. The Kier molecular flexibility index (Phi) is 4.74. The number of carbonyl (C=O) groups is 1. The van der Waals surface area contributed by atoms with Crippen LogP contribution in [0.3, 0.4) is 0 Å². The number of hydrogen-bond acceptors (Lipinski definition) is 7. The van der Waals surface area contributed by atoms with Crippen LogP contribution in [0, 0.1) is 17.2 Å². The minimum absolute atomic E-state index is 0.0299. The summed E-state index contributed by atoms with van der Waals surface area (Å²) >= 11 is 3.35. The summed E-state index contributed by atoms with van der Waals surface area (Å²) in [5.74, 6) is 2.99. The van der Waals surface area contributed by atoms with Gasteiger partial charge in [-0.2, -0.15) is 17.0 Å². The molecule has 3 rings (SSSR count). The molecule has 8 heteroatoms. The average Bonchev–Trinajstić information content (AvgIpc) is 2.54. The normalized spacial score (nSPS) is 18.7. The number of hydrogen-bond donors (Lipinski definition) is 0. The van der Waals surface area contributed by atoms with Crippen LogP contribution >= 0.6 is 23.5 Å². The van der Waals surface area contributed by atoms with Crippen LogP contribution in [0.5, 0.6) is 0 Å². The molecule has 0 aromatic carbocycles. The van der Waals surface area contributed by atoms with Crippen LogP contribution < -0.4 is 4.90 Å². The Morgan fingerprint density at radius 1 is 1.45 bits per heavy atom. The first-order valence-corrected chi connectivity index (χ1v) is 9.53. The molecule has 0 aliphatic carbocycles. The number of rotatable bonds is 3. The standard InChI is InChI=1S/C14H17N5OS2/c1-21-14-16-7-10(6-15)12(17-14)19-8-11(9-19)13(20)18-2-4-22-5-3-18/h7,11H,2-5,8-9H2,1H3. The smallest absolute Gasteiger partial charge is 0.229 e. The minimum atomic E-state index is 0.0299. The lowest BCUT2D eigenvalue weighted by Crippen LogP contribution is -2.56. The number of aromatic nitrogens is 2. The monoisotopic (exact) mass is 335 g/mol. The number of thioether (sulfide) groups is 2. The molecule has 1 aromatic heterocycles. The summed E-state index contributed by atoms with van der Waals surface area (Å²) in [6.45, 7) is 2.99. The van der Waals surface area contributed by atoms with Gasteiger partial charge in [0, 0.05) is 37.7 Å². The van der Waals surface area contributed by atoms with Crippen molar-refractivity contribution in [3.8, 4) is 6.07 Å². The molecular formula is C14H17N5OS2. The van der Waals surface area contributed by atoms with Gasteiger partial charge in [-0.05, 0) is 6.26 Å². The SMILES string of the molecule is CSc1ncc(C#N)c(N2CC(C(=O)N3CCSCC3)C2)n1. The summed E-state index contributed by atoms with van der Waals surface area (Å²) in [5.41, 5.74) is 0.470. The molecule has 2 fully saturated rings. The number of carbonyl (C=O) groups excluding carboxylic acids is 1. The van der Waals surface area contributed by atoms with Gasteiger partial charge in [0.15, 0.2) is 11.0 Å². The van der Waals surface area contributed by atoms with E-state index in [0.29, 0.717) is 29.6 Å². The van der Waals surface area contributed by atoms with Crippen LogP contribution in [-0.2, 0) is 4.79 Å². The molecule has 0 bridgehead atoms. The van der Waals surface area contributed by atoms with Crippen molar-refractivity contribution in [2.24, 2.45) is 5.92 Å². The lowest BCUT2D eigenvalue weighted by Gasteiger charge is -2.42. The van der Waals surface area contributed by atoms with Gasteiger partial charge in [0.1, 0.15) is 11.6 Å². The Bertz CT molecular complexity index is 606. The predicted molar refractivity (Wildman–Crippen MR) is 88.1 cm³/mol. The van der Waals surface area contributed by atoms with Crippen molar-refractivity contribution >= 4 is 35.2 Å². The van der Waals surface area contributed by atoms with Gasteiger partial charge < -0.3 is 9.80 Å². The Morgan fingerprint density at radius 2 is 2.18 bits per heavy atom. The van der Waals surface area contributed by atoms with Gasteiger partial charge in [0.25, 0.3) is 0 Å². The van der Waals surface area contributed by atoms with Gasteiger partial charge >= 0.3 is 0 Å². The van der Waals surface area contributed by atoms with Crippen LogP contribution in [0.15, 0.2) is 11.4 Å². The summed E-state index contributed by atoms with van der Waals surface area (Å²) in [4.78, 5) is 24.9. The largest absolute Gasteiger partial charge is 0.354 e. The highest BCUT2D eigenvalue weighted by atomic mass is 32.2. The lowest BCUT2D eigenvalue weighted by molar-refractivity contribution is -0.135. The molecule has 6 nitrogen and oxygen atoms in total. The van der Waals surface area contributed by atoms with Crippen molar-refractivity contribution in [1.82, 2.24) is 14.9 Å². The summed E-state index contributed by atoms with van der Waals surface area (Å²) in [7, 11) is 0. The fourth-order valence-corrected chi connectivity index (χ4v) is 3.86. The maximum atomic E-state index is 12.4. The summed E-state index contributed by atoms with van der Waals surface area (Å²) < 4.78 is 0. The predicted octanol–water partition coefficient (Wildman–Crippen LogP) is 1.08. The molecule has 0 radical (unpaired) electrons. The Balaban J connectivity index is 1.65. The van der Waals surface area contributed by atoms with E-state index in [1.165, 1.54) is 11.8 Å². The van der Waals surface area contributed by atoms with E-state index in [2.05, 4.69) is 16.0 Å². The minimum Gasteiger partial charge on any atom is -0.354 e. The second-order valence-electron chi connectivity index (χ2n) is 5.25. The maximum absolute atomic E-state index is 12.4. The highest BCUT2D eigenvalue weighted by Gasteiger charge is 2.37. The number of anilines is 1. The van der Waals surface area contributed by atoms with Crippen molar-refractivity contribution in [1.29, 1.82) is 5.26 Å². The summed E-state index contributed by atoms with van der Waals surface area (Å²) in [6, 6.07) is 2.13. The third-order valence-corrected chi connectivity index (χ3v) is 5.41. The zero-order valence-electron chi connectivity index (χ0n) is 12.4. The van der Waals surface area contributed by atoms with E-state index < -0.39 is 0 Å². The summed E-state index contributed by atoms with van der Waals surface area (Å²) in [6.07, 6.45) is 3.47. The van der Waals surface area contributed by atoms with Gasteiger partial charge in [-0.25, -0.2) is 9.97 Å². The quantitative estimate of drug-likeness (QED) is 0.604. The fraction of sp³-hybridized carbons (Fsp3) is 0.571. The molecule has 22 heavy (non-hydrogen) atoms. The van der Waals surface area contributed by atoms with E-state index in [1.54, 1.807) is 6.20 Å². The van der Waals surface area contributed by atoms with E-state index in [-0.39, 0.29) is 11.8 Å². The van der Waals surface area contributed by atoms with Crippen molar-refractivity contribution < 1.29 is 4.79 Å². The molecule has 2 aliphatic rings. The average molecular weight is 335 g/mol. The molecule has 1 aromatic rings. The number of amides is 1. The lowest BCUT2D eigenvalue weighted by atomic mass is 9.98. The van der Waals surface area contributed by atoms with Gasteiger partial charge in [0.05, 0.1) is 12.1 Å². The number of nitrogens with zero attached hydrogens (tertiary/aromatic N) is 5. The van der Waals surface area contributed by atoms with Crippen LogP contribution in [0.2, 0.25) is 0 Å². The van der Waals surface area contributed by atoms with Crippen LogP contribution in [0.25, 0.3) is 0 Å². The van der Waals surface area contributed by atoms with E-state index in [1.807, 2.05) is 27.8 Å². The highest BCUT2D eigenvalue weighted by Crippen LogP contribution is 2.28. The second kappa shape index (κ2) is 6.75. The molecule has 116 valence electrons. The van der Waals surface area contributed by atoms with E-state index in [0.717, 1.165) is 24.6 Å². The summed E-state index contributed by atoms with van der Waals surface area (Å²) in [5, 5.41) is 9.84. The first-order valence-electron chi connectivity index (χ1n) is 7.15. The first kappa shape index (κ1) is 15.4. The zero-order valence-corrected chi connectivity index (χ0v) is 14.0. The van der Waals surface area contributed by atoms with E-state index in [9.17, 15) is 10.1 Å². The fourth-order valence-electron chi connectivity index (χ4n) is 2.63. The molecule has 0 spiro atoms. The Hall–Kier alpha value is -1.46. The van der Waals surface area contributed by atoms with Crippen molar-refractivity contribution in [3.63, 3.8) is 0 Å². The van der Waals surface area contributed by atoms with Crippen molar-refractivity contribution in [2.45, 2.75) is 5.16 Å². The third kappa shape index (κ3) is 3.01. The molecule has 2 aliphatic heterocycles. The zero-order chi connectivity index (χ0) is 15.5. The van der Waals surface area contributed by atoms with Gasteiger partial charge in [-0.3, -0.25) is 4.79 Å². The van der Waals surface area contributed by atoms with Crippen LogP contribution in [0.4, 0.5) is 5.82 Å². The molecule has 1 amide bonds. The third-order valence-electron chi connectivity index (χ3n) is 3.90. The molecule has 0 N–H and O–H groups in total. The van der Waals surface area contributed by atoms with Crippen LogP contribution in [-0.4, -0.2) is 64.7 Å². The maximum Gasteiger partial charge on any atom is 0.229 e. The van der Waals surface area contributed by atoms with E-state index >= 15 is 0 Å². The van der Waals surface area contributed by atoms with Crippen LogP contribution in [0.1, 0.15) is 5.56 Å². The van der Waals surface area contributed by atoms with Gasteiger partial charge in [-0.1, -0.05) is 11.8 Å². The topological polar surface area (TPSA) is 73.1 Å². The Labute approximate surface area is 138 Å². The Morgan fingerprint density at radius 3 is 2.82 bits per heavy atom. The van der Waals surface area contributed by atoms with Crippen molar-refractivity contribution in [3.05, 3.63) is 11.8 Å². The second-order valence-corrected chi connectivity index (χ2v) is 7.24. The van der Waals surface area contributed by atoms with Gasteiger partial charge in [-0.15, -0.1) is 0 Å². The number of nitriles is 1. The highest BCUT2D eigenvalue weighted by molar-refractivity contribution is 7.99.